The maximum absolute atomic E-state index is 12.3. The molecule has 0 radical (unpaired) electrons. The van der Waals surface area contributed by atoms with E-state index in [4.69, 9.17) is 0 Å². The van der Waals surface area contributed by atoms with E-state index < -0.39 is 0 Å². The summed E-state index contributed by atoms with van der Waals surface area (Å²) in [5.74, 6) is 1.64. The molecule has 3 N–H and O–H groups in total. The molecule has 0 unspecified atom stereocenters. The maximum Gasteiger partial charge on any atom is 0.256 e. The van der Waals surface area contributed by atoms with Crippen LogP contribution < -0.4 is 10.6 Å². The van der Waals surface area contributed by atoms with Crippen molar-refractivity contribution in [3.63, 3.8) is 0 Å². The minimum absolute atomic E-state index is 0.188. The Morgan fingerprint density at radius 2 is 1.96 bits per heavy atom. The van der Waals surface area contributed by atoms with Crippen molar-refractivity contribution in [1.29, 1.82) is 0 Å². The van der Waals surface area contributed by atoms with Crippen LogP contribution in [0.5, 0.6) is 0 Å². The topological polar surface area (TPSA) is 87.6 Å². The van der Waals surface area contributed by atoms with E-state index >= 15 is 0 Å². The molecule has 0 atom stereocenters. The lowest BCUT2D eigenvalue weighted by molar-refractivity contribution is 0.102. The van der Waals surface area contributed by atoms with E-state index in [1.807, 2.05) is 37.5 Å². The number of anilines is 3. The van der Waals surface area contributed by atoms with Gasteiger partial charge in [0.1, 0.15) is 0 Å². The highest BCUT2D eigenvalue weighted by Gasteiger charge is 2.09. The summed E-state index contributed by atoms with van der Waals surface area (Å²) in [5, 5.41) is 17.3. The Balaban J connectivity index is 1.61. The van der Waals surface area contributed by atoms with E-state index in [-0.39, 0.29) is 5.91 Å². The van der Waals surface area contributed by atoms with E-state index in [2.05, 4.69) is 39.8 Å². The lowest BCUT2D eigenvalue weighted by Crippen LogP contribution is -2.12. The predicted octanol–water partition coefficient (Wildman–Crippen LogP) is 3.34. The zero-order valence-corrected chi connectivity index (χ0v) is 14.6. The van der Waals surface area contributed by atoms with Crippen LogP contribution in [0.2, 0.25) is 0 Å². The molecule has 7 nitrogen and oxygen atoms in total. The van der Waals surface area contributed by atoms with Crippen molar-refractivity contribution >= 4 is 23.2 Å². The van der Waals surface area contributed by atoms with Crippen LogP contribution in [-0.4, -0.2) is 25.9 Å². The average Bonchev–Trinajstić information content (AvgIpc) is 3.16. The van der Waals surface area contributed by atoms with Gasteiger partial charge in [-0.05, 0) is 36.6 Å². The van der Waals surface area contributed by atoms with Gasteiger partial charge in [0.25, 0.3) is 5.91 Å². The summed E-state index contributed by atoms with van der Waals surface area (Å²) < 4.78 is 1.72. The van der Waals surface area contributed by atoms with Crippen LogP contribution >= 0.6 is 0 Å². The molecule has 0 fully saturated rings. The number of amides is 1. The highest BCUT2D eigenvalue weighted by atomic mass is 16.1. The minimum atomic E-state index is -0.188. The van der Waals surface area contributed by atoms with Gasteiger partial charge in [-0.25, -0.2) is 0 Å². The molecule has 25 heavy (non-hydrogen) atoms. The first-order chi connectivity index (χ1) is 12.0. The third-order valence-corrected chi connectivity index (χ3v) is 3.63. The van der Waals surface area contributed by atoms with Gasteiger partial charge in [0, 0.05) is 42.3 Å². The first-order valence-electron chi connectivity index (χ1n) is 8.22. The van der Waals surface area contributed by atoms with Gasteiger partial charge in [-0.1, -0.05) is 13.8 Å². The van der Waals surface area contributed by atoms with E-state index in [0.29, 0.717) is 17.3 Å². The predicted molar refractivity (Wildman–Crippen MR) is 98.0 cm³/mol. The molecule has 0 saturated carbocycles. The number of carbonyl (C=O) groups is 1. The van der Waals surface area contributed by atoms with Crippen molar-refractivity contribution in [3.05, 3.63) is 53.9 Å². The molecule has 130 valence electrons. The Hall–Kier alpha value is -3.09. The molecule has 0 aliphatic carbocycles. The summed E-state index contributed by atoms with van der Waals surface area (Å²) in [4.78, 5) is 12.3. The summed E-state index contributed by atoms with van der Waals surface area (Å²) in [6.07, 6.45) is 2.76. The van der Waals surface area contributed by atoms with E-state index in [9.17, 15) is 4.79 Å². The fourth-order valence-corrected chi connectivity index (χ4v) is 2.49. The molecule has 2 heterocycles. The summed E-state index contributed by atoms with van der Waals surface area (Å²) >= 11 is 0. The Labute approximate surface area is 146 Å². The van der Waals surface area contributed by atoms with Crippen LogP contribution in [0.25, 0.3) is 0 Å². The van der Waals surface area contributed by atoms with Crippen molar-refractivity contribution in [2.24, 2.45) is 13.0 Å². The molecule has 1 amide bonds. The van der Waals surface area contributed by atoms with Gasteiger partial charge in [-0.15, -0.1) is 0 Å². The fourth-order valence-electron chi connectivity index (χ4n) is 2.49. The van der Waals surface area contributed by atoms with Crippen LogP contribution in [0.15, 0.2) is 42.6 Å². The third-order valence-electron chi connectivity index (χ3n) is 3.63. The standard InChI is InChI=1S/C18H22N6O/c1-12(2)10-15-11-17(22-21-15)20-18(25)13-4-6-14(7-5-13)19-16-8-9-24(3)23-16/h4-9,11-12H,10H2,1-3H3,(H,19,23)(H2,20,21,22,25). The first kappa shape index (κ1) is 16.8. The lowest BCUT2D eigenvalue weighted by atomic mass is 10.1. The lowest BCUT2D eigenvalue weighted by Gasteiger charge is -2.05. The molecule has 7 heteroatoms. The number of aromatic amines is 1. The molecular formula is C18H22N6O. The number of nitrogens with zero attached hydrogens (tertiary/aromatic N) is 3. The Bertz CT molecular complexity index is 847. The average molecular weight is 338 g/mol. The van der Waals surface area contributed by atoms with Crippen molar-refractivity contribution in [2.45, 2.75) is 20.3 Å². The monoisotopic (exact) mass is 338 g/mol. The van der Waals surface area contributed by atoms with Crippen molar-refractivity contribution < 1.29 is 4.79 Å². The number of H-pyrrole nitrogens is 1. The van der Waals surface area contributed by atoms with Gasteiger partial charge >= 0.3 is 0 Å². The molecule has 0 aliphatic rings. The minimum Gasteiger partial charge on any atom is -0.339 e. The Kier molecular flexibility index (Phi) is 4.83. The Morgan fingerprint density at radius 3 is 2.60 bits per heavy atom. The molecule has 0 saturated heterocycles. The molecule has 3 aromatic rings. The molecule has 0 aliphatic heterocycles. The smallest absolute Gasteiger partial charge is 0.256 e. The summed E-state index contributed by atoms with van der Waals surface area (Å²) in [7, 11) is 1.86. The number of hydrogen-bond acceptors (Lipinski definition) is 4. The second-order valence-corrected chi connectivity index (χ2v) is 6.41. The van der Waals surface area contributed by atoms with Gasteiger partial charge in [0.05, 0.1) is 0 Å². The van der Waals surface area contributed by atoms with Gasteiger partial charge in [-0.2, -0.15) is 10.2 Å². The molecule has 0 spiro atoms. The molecular weight excluding hydrogens is 316 g/mol. The van der Waals surface area contributed by atoms with Crippen LogP contribution in [0.4, 0.5) is 17.3 Å². The van der Waals surface area contributed by atoms with Crippen molar-refractivity contribution in [2.75, 3.05) is 10.6 Å². The quantitative estimate of drug-likeness (QED) is 0.643. The van der Waals surface area contributed by atoms with Crippen molar-refractivity contribution in [3.8, 4) is 0 Å². The van der Waals surface area contributed by atoms with E-state index in [1.165, 1.54) is 0 Å². The number of aromatic nitrogens is 4. The zero-order chi connectivity index (χ0) is 17.8. The SMILES string of the molecule is CC(C)Cc1cc(NC(=O)c2ccc(Nc3ccn(C)n3)cc2)n[nH]1. The number of nitrogens with one attached hydrogen (secondary N) is 3. The third kappa shape index (κ3) is 4.47. The molecule has 1 aromatic carbocycles. The number of rotatable bonds is 6. The summed E-state index contributed by atoms with van der Waals surface area (Å²) in [6, 6.07) is 11.0. The molecule has 3 rings (SSSR count). The number of benzene rings is 1. The Morgan fingerprint density at radius 1 is 1.20 bits per heavy atom. The highest BCUT2D eigenvalue weighted by molar-refractivity contribution is 6.03. The van der Waals surface area contributed by atoms with E-state index in [1.54, 1.807) is 16.8 Å². The van der Waals surface area contributed by atoms with Crippen LogP contribution in [-0.2, 0) is 13.5 Å². The molecule has 2 aromatic heterocycles. The van der Waals surface area contributed by atoms with Crippen LogP contribution in [0.3, 0.4) is 0 Å². The normalized spacial score (nSPS) is 10.9. The van der Waals surface area contributed by atoms with E-state index in [0.717, 1.165) is 23.6 Å². The first-order valence-corrected chi connectivity index (χ1v) is 8.22. The summed E-state index contributed by atoms with van der Waals surface area (Å²) in [5.41, 5.74) is 2.45. The number of aryl methyl sites for hydroxylation is 1. The number of carbonyl (C=O) groups excluding carboxylic acids is 1. The van der Waals surface area contributed by atoms with Gasteiger partial charge in [0.2, 0.25) is 0 Å². The second-order valence-electron chi connectivity index (χ2n) is 6.41. The van der Waals surface area contributed by atoms with Gasteiger partial charge < -0.3 is 10.6 Å². The van der Waals surface area contributed by atoms with Crippen LogP contribution in [0.1, 0.15) is 29.9 Å². The number of hydrogen-bond donors (Lipinski definition) is 3. The van der Waals surface area contributed by atoms with Crippen molar-refractivity contribution in [1.82, 2.24) is 20.0 Å². The second kappa shape index (κ2) is 7.21. The van der Waals surface area contributed by atoms with Crippen LogP contribution in [0, 0.1) is 5.92 Å². The molecule has 0 bridgehead atoms. The maximum atomic E-state index is 12.3. The van der Waals surface area contributed by atoms with Gasteiger partial charge in [-0.3, -0.25) is 14.6 Å². The summed E-state index contributed by atoms with van der Waals surface area (Å²) in [6.45, 7) is 4.28. The zero-order valence-electron chi connectivity index (χ0n) is 14.6. The van der Waals surface area contributed by atoms with Gasteiger partial charge in [0.15, 0.2) is 11.6 Å². The highest BCUT2D eigenvalue weighted by Crippen LogP contribution is 2.16. The largest absolute Gasteiger partial charge is 0.339 e. The fraction of sp³-hybridized carbons (Fsp3) is 0.278.